The van der Waals surface area contributed by atoms with Crippen LogP contribution in [0.5, 0.6) is 0 Å². The molecule has 1 aromatic rings. The molecule has 0 aliphatic carbocycles. The van der Waals surface area contributed by atoms with Crippen LogP contribution in [0.4, 0.5) is 0 Å². The molecule has 0 atom stereocenters. The topological polar surface area (TPSA) is 41.5 Å². The number of Topliss-reactive ketones (excluding diaryl/α,β-unsaturated/α-hetero) is 1. The molecule has 3 nitrogen and oxygen atoms in total. The molecule has 2 rings (SSSR count). The first-order valence-corrected chi connectivity index (χ1v) is 5.22. The van der Waals surface area contributed by atoms with Crippen LogP contribution < -0.4 is 5.32 Å². The van der Waals surface area contributed by atoms with Gasteiger partial charge in [0.2, 0.25) is 0 Å². The summed E-state index contributed by atoms with van der Waals surface area (Å²) in [6, 6.07) is 9.34. The SMILES string of the molecule is Cl.O=C(CC1=NCCCN1)c1ccccc1. The molecule has 0 fully saturated rings. The van der Waals surface area contributed by atoms with Crippen molar-refractivity contribution in [2.45, 2.75) is 12.8 Å². The van der Waals surface area contributed by atoms with E-state index in [0.29, 0.717) is 6.42 Å². The van der Waals surface area contributed by atoms with Crippen molar-refractivity contribution in [2.75, 3.05) is 13.1 Å². The van der Waals surface area contributed by atoms with Gasteiger partial charge >= 0.3 is 0 Å². The fraction of sp³-hybridized carbons (Fsp3) is 0.333. The van der Waals surface area contributed by atoms with Crippen molar-refractivity contribution in [3.05, 3.63) is 35.9 Å². The molecule has 4 heteroatoms. The standard InChI is InChI=1S/C12H14N2O.ClH/c15-11(10-5-2-1-3-6-10)9-12-13-7-4-8-14-12;/h1-3,5-6H,4,7-9H2,(H,13,14);1H. The lowest BCUT2D eigenvalue weighted by Gasteiger charge is -2.13. The highest BCUT2D eigenvalue weighted by Gasteiger charge is 2.11. The third kappa shape index (κ3) is 3.35. The van der Waals surface area contributed by atoms with E-state index in [2.05, 4.69) is 10.3 Å². The lowest BCUT2D eigenvalue weighted by molar-refractivity contribution is 0.0999. The number of hydrogen-bond acceptors (Lipinski definition) is 3. The van der Waals surface area contributed by atoms with E-state index in [9.17, 15) is 4.79 Å². The van der Waals surface area contributed by atoms with Crippen molar-refractivity contribution in [3.8, 4) is 0 Å². The quantitative estimate of drug-likeness (QED) is 0.820. The van der Waals surface area contributed by atoms with Crippen LogP contribution in [0.3, 0.4) is 0 Å². The summed E-state index contributed by atoms with van der Waals surface area (Å²) in [4.78, 5) is 16.1. The normalized spacial score (nSPS) is 14.4. The van der Waals surface area contributed by atoms with Gasteiger partial charge in [-0.1, -0.05) is 30.3 Å². The van der Waals surface area contributed by atoms with Crippen molar-refractivity contribution in [2.24, 2.45) is 4.99 Å². The minimum Gasteiger partial charge on any atom is -0.373 e. The number of amidine groups is 1. The molecule has 0 spiro atoms. The maximum absolute atomic E-state index is 11.8. The summed E-state index contributed by atoms with van der Waals surface area (Å²) in [5, 5.41) is 3.15. The number of halogens is 1. The predicted molar refractivity (Wildman–Crippen MR) is 67.6 cm³/mol. The van der Waals surface area contributed by atoms with Gasteiger partial charge in [0, 0.05) is 18.7 Å². The van der Waals surface area contributed by atoms with Crippen molar-refractivity contribution in [1.82, 2.24) is 5.32 Å². The van der Waals surface area contributed by atoms with Crippen LogP contribution in [0.15, 0.2) is 35.3 Å². The molecular weight excluding hydrogens is 224 g/mol. The summed E-state index contributed by atoms with van der Waals surface area (Å²) in [5.41, 5.74) is 0.757. The van der Waals surface area contributed by atoms with Gasteiger partial charge in [-0.15, -0.1) is 12.4 Å². The molecule has 16 heavy (non-hydrogen) atoms. The summed E-state index contributed by atoms with van der Waals surface area (Å²) in [5.74, 6) is 0.957. The fourth-order valence-corrected chi connectivity index (χ4v) is 1.58. The number of ketones is 1. The molecule has 1 heterocycles. The number of rotatable bonds is 3. The van der Waals surface area contributed by atoms with Crippen LogP contribution in [-0.2, 0) is 0 Å². The molecule has 0 saturated carbocycles. The van der Waals surface area contributed by atoms with Gasteiger partial charge in [-0.25, -0.2) is 0 Å². The van der Waals surface area contributed by atoms with E-state index in [4.69, 9.17) is 0 Å². The first kappa shape index (κ1) is 12.7. The Morgan fingerprint density at radius 2 is 2.06 bits per heavy atom. The first-order chi connectivity index (χ1) is 7.36. The van der Waals surface area contributed by atoms with Crippen molar-refractivity contribution >= 4 is 24.0 Å². The number of carbonyl (C=O) groups excluding carboxylic acids is 1. The number of carbonyl (C=O) groups is 1. The van der Waals surface area contributed by atoms with Gasteiger partial charge in [0.25, 0.3) is 0 Å². The third-order valence-electron chi connectivity index (χ3n) is 2.39. The Kier molecular flexibility index (Phi) is 4.99. The molecular formula is C12H15ClN2O. The zero-order valence-electron chi connectivity index (χ0n) is 8.98. The summed E-state index contributed by atoms with van der Waals surface area (Å²) >= 11 is 0. The van der Waals surface area contributed by atoms with E-state index < -0.39 is 0 Å². The first-order valence-electron chi connectivity index (χ1n) is 5.22. The van der Waals surface area contributed by atoms with E-state index in [1.165, 1.54) is 0 Å². The highest BCUT2D eigenvalue weighted by atomic mass is 35.5. The van der Waals surface area contributed by atoms with Crippen molar-refractivity contribution in [3.63, 3.8) is 0 Å². The fourth-order valence-electron chi connectivity index (χ4n) is 1.58. The molecule has 1 N–H and O–H groups in total. The van der Waals surface area contributed by atoms with E-state index in [1.807, 2.05) is 30.3 Å². The van der Waals surface area contributed by atoms with Gasteiger partial charge in [0.05, 0.1) is 6.42 Å². The van der Waals surface area contributed by atoms with Gasteiger partial charge in [-0.05, 0) is 6.42 Å². The van der Waals surface area contributed by atoms with Crippen LogP contribution >= 0.6 is 12.4 Å². The second kappa shape index (κ2) is 6.28. The molecule has 0 amide bonds. The molecule has 86 valence electrons. The molecule has 1 aliphatic heterocycles. The van der Waals surface area contributed by atoms with Crippen molar-refractivity contribution in [1.29, 1.82) is 0 Å². The van der Waals surface area contributed by atoms with Gasteiger partial charge in [0.15, 0.2) is 5.78 Å². The zero-order chi connectivity index (χ0) is 10.5. The van der Waals surface area contributed by atoms with Crippen LogP contribution in [0.2, 0.25) is 0 Å². The van der Waals surface area contributed by atoms with Crippen LogP contribution in [0.1, 0.15) is 23.2 Å². The second-order valence-corrected chi connectivity index (χ2v) is 3.57. The summed E-state index contributed by atoms with van der Waals surface area (Å²) < 4.78 is 0. The molecule has 1 aliphatic rings. The van der Waals surface area contributed by atoms with E-state index in [-0.39, 0.29) is 18.2 Å². The number of hydrogen-bond donors (Lipinski definition) is 1. The highest BCUT2D eigenvalue weighted by Crippen LogP contribution is 2.04. The third-order valence-corrected chi connectivity index (χ3v) is 2.39. The Morgan fingerprint density at radius 1 is 1.31 bits per heavy atom. The van der Waals surface area contributed by atoms with E-state index >= 15 is 0 Å². The van der Waals surface area contributed by atoms with Crippen LogP contribution in [0.25, 0.3) is 0 Å². The zero-order valence-corrected chi connectivity index (χ0v) is 9.80. The Labute approximate surface area is 101 Å². The van der Waals surface area contributed by atoms with Crippen molar-refractivity contribution < 1.29 is 4.79 Å². The number of nitrogens with one attached hydrogen (secondary N) is 1. The Balaban J connectivity index is 0.00000128. The lowest BCUT2D eigenvalue weighted by atomic mass is 10.1. The number of aliphatic imine (C=N–C) groups is 1. The smallest absolute Gasteiger partial charge is 0.170 e. The summed E-state index contributed by atoms with van der Waals surface area (Å²) in [7, 11) is 0. The number of nitrogens with zero attached hydrogens (tertiary/aromatic N) is 1. The van der Waals surface area contributed by atoms with Crippen LogP contribution in [0, 0.1) is 0 Å². The van der Waals surface area contributed by atoms with E-state index in [1.54, 1.807) is 0 Å². The minimum atomic E-state index is 0. The van der Waals surface area contributed by atoms with Gasteiger partial charge < -0.3 is 5.32 Å². The summed E-state index contributed by atoms with van der Waals surface area (Å²) in [6.07, 6.45) is 1.45. The van der Waals surface area contributed by atoms with E-state index in [0.717, 1.165) is 30.9 Å². The predicted octanol–water partition coefficient (Wildman–Crippen LogP) is 2.07. The van der Waals surface area contributed by atoms with Gasteiger partial charge in [0.1, 0.15) is 5.84 Å². The monoisotopic (exact) mass is 238 g/mol. The Hall–Kier alpha value is -1.35. The van der Waals surface area contributed by atoms with Gasteiger partial charge in [-0.3, -0.25) is 9.79 Å². The number of benzene rings is 1. The molecule has 0 unspecified atom stereocenters. The maximum Gasteiger partial charge on any atom is 0.170 e. The molecule has 0 radical (unpaired) electrons. The maximum atomic E-state index is 11.8. The highest BCUT2D eigenvalue weighted by molar-refractivity contribution is 6.09. The minimum absolute atomic E-state index is 0. The van der Waals surface area contributed by atoms with Crippen LogP contribution in [-0.4, -0.2) is 24.7 Å². The Morgan fingerprint density at radius 3 is 2.69 bits per heavy atom. The average molecular weight is 239 g/mol. The summed E-state index contributed by atoms with van der Waals surface area (Å²) in [6.45, 7) is 1.77. The van der Waals surface area contributed by atoms with Gasteiger partial charge in [-0.2, -0.15) is 0 Å². The molecule has 0 aromatic heterocycles. The largest absolute Gasteiger partial charge is 0.373 e. The molecule has 0 bridgehead atoms. The Bertz CT molecular complexity index is 376. The second-order valence-electron chi connectivity index (χ2n) is 3.57. The lowest BCUT2D eigenvalue weighted by Crippen LogP contribution is -2.31. The molecule has 0 saturated heterocycles. The molecule has 1 aromatic carbocycles. The average Bonchev–Trinajstić information content (AvgIpc) is 2.31.